The number of carbonyl (C=O) groups is 1. The summed E-state index contributed by atoms with van der Waals surface area (Å²) in [4.78, 5) is 20.8. The zero-order valence-electron chi connectivity index (χ0n) is 18.1. The highest BCUT2D eigenvalue weighted by atomic mass is 32.2. The van der Waals surface area contributed by atoms with E-state index in [1.54, 1.807) is 6.20 Å². The fraction of sp³-hybridized carbons (Fsp3) is 0.115. The van der Waals surface area contributed by atoms with Gasteiger partial charge in [-0.15, -0.1) is 0 Å². The van der Waals surface area contributed by atoms with E-state index >= 15 is 0 Å². The first-order valence-corrected chi connectivity index (χ1v) is 11.1. The van der Waals surface area contributed by atoms with E-state index in [0.717, 1.165) is 32.6 Å². The lowest BCUT2D eigenvalue weighted by Gasteiger charge is -2.11. The van der Waals surface area contributed by atoms with Gasteiger partial charge in [0.2, 0.25) is 0 Å². The Morgan fingerprint density at radius 2 is 1.91 bits per heavy atom. The van der Waals surface area contributed by atoms with Crippen LogP contribution in [0.15, 0.2) is 71.9 Å². The van der Waals surface area contributed by atoms with Crippen LogP contribution in [0.3, 0.4) is 0 Å². The number of aromatic carboxylic acids is 1. The SMILES string of the molecule is CCOc1cc(C(=O)O)ncc1C#Cc1ccccc1NSc1c(C)ccc2cccnc12. The molecule has 4 rings (SSSR count). The van der Waals surface area contributed by atoms with E-state index in [4.69, 9.17) is 4.74 Å². The van der Waals surface area contributed by atoms with Crippen LogP contribution in [0.2, 0.25) is 0 Å². The molecule has 0 fully saturated rings. The van der Waals surface area contributed by atoms with Gasteiger partial charge in [-0.2, -0.15) is 0 Å². The molecule has 0 saturated heterocycles. The molecule has 2 heterocycles. The number of rotatable bonds is 6. The molecule has 6 nitrogen and oxygen atoms in total. The first-order chi connectivity index (χ1) is 16.1. The number of aryl methyl sites for hydroxylation is 1. The number of nitrogens with one attached hydrogen (secondary N) is 1. The number of anilines is 1. The number of carboxylic acids is 1. The molecular weight excluding hydrogens is 434 g/mol. The van der Waals surface area contributed by atoms with Crippen LogP contribution in [0.25, 0.3) is 10.9 Å². The summed E-state index contributed by atoms with van der Waals surface area (Å²) in [5.41, 5.74) is 4.17. The molecule has 2 aromatic heterocycles. The van der Waals surface area contributed by atoms with Crippen LogP contribution in [0, 0.1) is 18.8 Å². The first kappa shape index (κ1) is 22.2. The van der Waals surface area contributed by atoms with Crippen molar-refractivity contribution in [3.63, 3.8) is 0 Å². The van der Waals surface area contributed by atoms with Crippen LogP contribution < -0.4 is 9.46 Å². The Hall–Kier alpha value is -4.02. The fourth-order valence-corrected chi connectivity index (χ4v) is 4.08. The Balaban J connectivity index is 1.63. The van der Waals surface area contributed by atoms with Crippen molar-refractivity contribution in [2.45, 2.75) is 18.7 Å². The summed E-state index contributed by atoms with van der Waals surface area (Å²) >= 11 is 1.50. The zero-order chi connectivity index (χ0) is 23.2. The lowest BCUT2D eigenvalue weighted by molar-refractivity contribution is 0.0690. The van der Waals surface area contributed by atoms with E-state index in [2.05, 4.69) is 45.6 Å². The molecule has 0 atom stereocenters. The lowest BCUT2D eigenvalue weighted by atomic mass is 10.1. The highest BCUT2D eigenvalue weighted by Crippen LogP contribution is 2.31. The van der Waals surface area contributed by atoms with Gasteiger partial charge in [0.05, 0.1) is 28.3 Å². The van der Waals surface area contributed by atoms with E-state index in [0.29, 0.717) is 17.9 Å². The van der Waals surface area contributed by atoms with Crippen molar-refractivity contribution in [3.8, 4) is 17.6 Å². The Morgan fingerprint density at radius 1 is 1.09 bits per heavy atom. The predicted octanol–water partition coefficient (Wildman–Crippen LogP) is 5.55. The molecule has 0 bridgehead atoms. The summed E-state index contributed by atoms with van der Waals surface area (Å²) in [6.07, 6.45) is 3.22. The summed E-state index contributed by atoms with van der Waals surface area (Å²) in [6.45, 7) is 4.29. The maximum absolute atomic E-state index is 11.2. The second-order valence-electron chi connectivity index (χ2n) is 7.09. The molecule has 0 aliphatic carbocycles. The smallest absolute Gasteiger partial charge is 0.354 e. The predicted molar refractivity (Wildman–Crippen MR) is 131 cm³/mol. The fourth-order valence-electron chi connectivity index (χ4n) is 3.19. The number of hydrogen-bond donors (Lipinski definition) is 2. The van der Waals surface area contributed by atoms with Gasteiger partial charge in [0, 0.05) is 29.4 Å². The molecule has 0 saturated carbocycles. The average molecular weight is 456 g/mol. The lowest BCUT2D eigenvalue weighted by Crippen LogP contribution is -2.03. The molecule has 0 aliphatic rings. The summed E-state index contributed by atoms with van der Waals surface area (Å²) in [5.74, 6) is 5.51. The van der Waals surface area contributed by atoms with Crippen molar-refractivity contribution >= 4 is 34.5 Å². The highest BCUT2D eigenvalue weighted by molar-refractivity contribution is 8.00. The van der Waals surface area contributed by atoms with Gasteiger partial charge >= 0.3 is 5.97 Å². The number of pyridine rings is 2. The molecule has 4 aromatic rings. The van der Waals surface area contributed by atoms with Crippen LogP contribution in [0.4, 0.5) is 5.69 Å². The molecule has 2 N–H and O–H groups in total. The summed E-state index contributed by atoms with van der Waals surface area (Å²) < 4.78 is 8.99. The van der Waals surface area contributed by atoms with Gasteiger partial charge in [0.15, 0.2) is 5.69 Å². The number of fused-ring (bicyclic) bond motifs is 1. The maximum Gasteiger partial charge on any atom is 0.354 e. The minimum Gasteiger partial charge on any atom is -0.492 e. The number of para-hydroxylation sites is 1. The monoisotopic (exact) mass is 455 g/mol. The third kappa shape index (κ3) is 5.08. The van der Waals surface area contributed by atoms with Crippen molar-refractivity contribution in [1.82, 2.24) is 9.97 Å². The van der Waals surface area contributed by atoms with Gasteiger partial charge in [-0.3, -0.25) is 4.98 Å². The van der Waals surface area contributed by atoms with Crippen LogP contribution in [0.1, 0.15) is 34.1 Å². The van der Waals surface area contributed by atoms with E-state index in [1.807, 2.05) is 43.3 Å². The van der Waals surface area contributed by atoms with Gasteiger partial charge in [0.25, 0.3) is 0 Å². The molecule has 0 amide bonds. The van der Waals surface area contributed by atoms with Crippen LogP contribution in [-0.2, 0) is 0 Å². The summed E-state index contributed by atoms with van der Waals surface area (Å²) in [7, 11) is 0. The van der Waals surface area contributed by atoms with Gasteiger partial charge in [0.1, 0.15) is 5.75 Å². The molecular formula is C26H21N3O3S. The number of carboxylic acid groups (broad SMARTS) is 1. The quantitative estimate of drug-likeness (QED) is 0.291. The summed E-state index contributed by atoms with van der Waals surface area (Å²) in [6, 6.07) is 17.3. The number of nitrogens with zero attached hydrogens (tertiary/aromatic N) is 2. The largest absolute Gasteiger partial charge is 0.492 e. The van der Waals surface area contributed by atoms with E-state index in [1.165, 1.54) is 24.2 Å². The standard InChI is InChI=1S/C26H21N3O3S/c1-3-32-23-15-22(26(30)31)28-16-20(23)13-12-18-7-4-5-9-21(18)29-33-25-17(2)10-11-19-8-6-14-27-24(19)25/h4-11,14-16,29H,3H2,1-2H3,(H,30,31). The van der Waals surface area contributed by atoms with Gasteiger partial charge in [-0.05, 0) is 49.6 Å². The third-order valence-corrected chi connectivity index (χ3v) is 5.87. The Kier molecular flexibility index (Phi) is 6.77. The molecule has 7 heteroatoms. The van der Waals surface area contributed by atoms with Crippen LogP contribution >= 0.6 is 11.9 Å². The topological polar surface area (TPSA) is 84.3 Å². The second kappa shape index (κ2) is 10.1. The van der Waals surface area contributed by atoms with Crippen LogP contribution in [-0.4, -0.2) is 27.7 Å². The Labute approximate surface area is 196 Å². The average Bonchev–Trinajstić information content (AvgIpc) is 2.83. The highest BCUT2D eigenvalue weighted by Gasteiger charge is 2.11. The number of benzene rings is 2. The molecule has 0 unspecified atom stereocenters. The Morgan fingerprint density at radius 3 is 2.73 bits per heavy atom. The number of hydrogen-bond acceptors (Lipinski definition) is 6. The minimum absolute atomic E-state index is 0.0819. The van der Waals surface area contributed by atoms with E-state index < -0.39 is 5.97 Å². The van der Waals surface area contributed by atoms with E-state index in [-0.39, 0.29) is 5.69 Å². The molecule has 0 spiro atoms. The number of aromatic nitrogens is 2. The zero-order valence-corrected chi connectivity index (χ0v) is 18.9. The van der Waals surface area contributed by atoms with Crippen molar-refractivity contribution in [2.24, 2.45) is 0 Å². The second-order valence-corrected chi connectivity index (χ2v) is 7.91. The van der Waals surface area contributed by atoms with Gasteiger partial charge in [-0.1, -0.05) is 42.2 Å². The summed E-state index contributed by atoms with van der Waals surface area (Å²) in [5, 5.41) is 10.3. The van der Waals surface area contributed by atoms with Crippen molar-refractivity contribution in [3.05, 3.63) is 89.4 Å². The molecule has 0 aliphatic heterocycles. The molecule has 2 aromatic carbocycles. The molecule has 0 radical (unpaired) electrons. The van der Waals surface area contributed by atoms with E-state index in [9.17, 15) is 9.90 Å². The third-order valence-electron chi connectivity index (χ3n) is 4.83. The Bertz CT molecular complexity index is 1390. The van der Waals surface area contributed by atoms with Crippen molar-refractivity contribution in [1.29, 1.82) is 0 Å². The first-order valence-electron chi connectivity index (χ1n) is 10.3. The maximum atomic E-state index is 11.2. The molecule has 164 valence electrons. The van der Waals surface area contributed by atoms with Gasteiger partial charge in [-0.25, -0.2) is 9.78 Å². The van der Waals surface area contributed by atoms with Crippen molar-refractivity contribution < 1.29 is 14.6 Å². The molecule has 33 heavy (non-hydrogen) atoms. The van der Waals surface area contributed by atoms with Gasteiger partial charge < -0.3 is 14.6 Å². The van der Waals surface area contributed by atoms with Crippen molar-refractivity contribution in [2.75, 3.05) is 11.3 Å². The normalized spacial score (nSPS) is 10.4. The van der Waals surface area contributed by atoms with Crippen LogP contribution in [0.5, 0.6) is 5.75 Å². The minimum atomic E-state index is -1.11. The number of ether oxygens (including phenoxy) is 1.